The number of rotatable bonds is 6. The molecule has 0 radical (unpaired) electrons. The molecular weight excluding hydrogens is 335 g/mol. The highest BCUT2D eigenvalue weighted by Gasteiger charge is 2.34. The second-order valence-corrected chi connectivity index (χ2v) is 8.76. The van der Waals surface area contributed by atoms with Crippen LogP contribution in [0.2, 0.25) is 0 Å². The first-order chi connectivity index (χ1) is 12.9. The number of hydrogen-bond acceptors (Lipinski definition) is 1. The summed E-state index contributed by atoms with van der Waals surface area (Å²) < 4.78 is 18.8. The van der Waals surface area contributed by atoms with Crippen molar-refractivity contribution in [1.29, 1.82) is 0 Å². The third-order valence-corrected chi connectivity index (χ3v) is 6.81. The minimum Gasteiger partial charge on any atom is -0.496 e. The van der Waals surface area contributed by atoms with Crippen LogP contribution in [0.3, 0.4) is 0 Å². The molecule has 0 aromatic heterocycles. The van der Waals surface area contributed by atoms with E-state index in [0.29, 0.717) is 11.3 Å². The second-order valence-electron chi connectivity index (χ2n) is 8.76. The van der Waals surface area contributed by atoms with E-state index in [9.17, 15) is 4.39 Å². The summed E-state index contributed by atoms with van der Waals surface area (Å²) in [5.74, 6) is 2.17. The van der Waals surface area contributed by atoms with E-state index in [4.69, 9.17) is 4.74 Å². The summed E-state index contributed by atoms with van der Waals surface area (Å²) in [6, 6.07) is 13.5. The smallest absolute Gasteiger partial charge is 0.125 e. The molecule has 1 aliphatic rings. The van der Waals surface area contributed by atoms with Crippen LogP contribution in [-0.2, 0) is 6.42 Å². The molecule has 1 aliphatic carbocycles. The molecule has 0 saturated heterocycles. The topological polar surface area (TPSA) is 9.23 Å². The molecule has 0 heterocycles. The Kier molecular flexibility index (Phi) is 6.24. The van der Waals surface area contributed by atoms with Gasteiger partial charge in [0.25, 0.3) is 0 Å². The monoisotopic (exact) mass is 368 g/mol. The van der Waals surface area contributed by atoms with Gasteiger partial charge in [0, 0.05) is 0 Å². The van der Waals surface area contributed by atoms with Gasteiger partial charge in [-0.25, -0.2) is 4.39 Å². The van der Waals surface area contributed by atoms with Gasteiger partial charge in [-0.1, -0.05) is 44.2 Å². The minimum absolute atomic E-state index is 0.147. The van der Waals surface area contributed by atoms with E-state index in [1.165, 1.54) is 48.8 Å². The zero-order chi connectivity index (χ0) is 19.4. The fraction of sp³-hybridized carbons (Fsp3) is 0.520. The van der Waals surface area contributed by atoms with Crippen LogP contribution < -0.4 is 4.74 Å². The molecule has 1 unspecified atom stereocenters. The van der Waals surface area contributed by atoms with Crippen molar-refractivity contribution in [3.63, 3.8) is 0 Å². The fourth-order valence-corrected chi connectivity index (χ4v) is 4.75. The normalized spacial score (nSPS) is 23.8. The van der Waals surface area contributed by atoms with Crippen molar-refractivity contribution in [2.75, 3.05) is 7.11 Å². The summed E-state index contributed by atoms with van der Waals surface area (Å²) in [6.07, 6.45) is 7.33. The maximum absolute atomic E-state index is 13.1. The molecule has 0 aliphatic heterocycles. The lowest BCUT2D eigenvalue weighted by atomic mass is 9.65. The lowest BCUT2D eigenvalue weighted by Crippen LogP contribution is -2.27. The molecule has 0 bridgehead atoms. The Morgan fingerprint density at radius 2 is 1.78 bits per heavy atom. The summed E-state index contributed by atoms with van der Waals surface area (Å²) >= 11 is 0. The Balaban J connectivity index is 1.59. The average Bonchev–Trinajstić information content (AvgIpc) is 2.67. The van der Waals surface area contributed by atoms with Gasteiger partial charge in [-0.3, -0.25) is 0 Å². The minimum atomic E-state index is -0.147. The molecule has 0 N–H and O–H groups in total. The molecular formula is C25H33FO. The first-order valence-electron chi connectivity index (χ1n) is 10.3. The number of methoxy groups -OCH3 is 1. The Labute approximate surface area is 164 Å². The zero-order valence-electron chi connectivity index (χ0n) is 17.2. The Morgan fingerprint density at radius 1 is 1.11 bits per heavy atom. The van der Waals surface area contributed by atoms with E-state index in [0.717, 1.165) is 18.1 Å². The fourth-order valence-electron chi connectivity index (χ4n) is 4.75. The van der Waals surface area contributed by atoms with Crippen LogP contribution in [-0.4, -0.2) is 7.11 Å². The third kappa shape index (κ3) is 4.72. The van der Waals surface area contributed by atoms with Crippen LogP contribution in [0.15, 0.2) is 42.5 Å². The van der Waals surface area contributed by atoms with Crippen LogP contribution in [0, 0.1) is 24.1 Å². The predicted octanol–water partition coefficient (Wildman–Crippen LogP) is 7.08. The van der Waals surface area contributed by atoms with Gasteiger partial charge in [0.15, 0.2) is 0 Å². The summed E-state index contributed by atoms with van der Waals surface area (Å²) in [5, 5.41) is 0. The number of benzene rings is 2. The summed E-state index contributed by atoms with van der Waals surface area (Å²) in [4.78, 5) is 0. The van der Waals surface area contributed by atoms with Crippen molar-refractivity contribution in [2.45, 2.75) is 65.2 Å². The number of ether oxygens (including phenoxy) is 1. The zero-order valence-corrected chi connectivity index (χ0v) is 17.2. The Hall–Kier alpha value is -1.83. The highest BCUT2D eigenvalue weighted by molar-refractivity contribution is 5.43. The van der Waals surface area contributed by atoms with E-state index in [1.54, 1.807) is 19.2 Å². The average molecular weight is 369 g/mol. The molecule has 146 valence electrons. The first-order valence-corrected chi connectivity index (χ1v) is 10.3. The van der Waals surface area contributed by atoms with Crippen molar-refractivity contribution in [3.8, 4) is 5.75 Å². The van der Waals surface area contributed by atoms with Crippen molar-refractivity contribution < 1.29 is 9.13 Å². The molecule has 1 saturated carbocycles. The van der Waals surface area contributed by atoms with E-state index in [2.05, 4.69) is 39.0 Å². The van der Waals surface area contributed by atoms with Gasteiger partial charge in [-0.15, -0.1) is 0 Å². The van der Waals surface area contributed by atoms with Crippen LogP contribution in [0.1, 0.15) is 68.6 Å². The van der Waals surface area contributed by atoms with Gasteiger partial charge >= 0.3 is 0 Å². The molecule has 1 fully saturated rings. The van der Waals surface area contributed by atoms with Crippen LogP contribution in [0.25, 0.3) is 0 Å². The molecule has 1 atom stereocenters. The van der Waals surface area contributed by atoms with E-state index in [-0.39, 0.29) is 5.82 Å². The Morgan fingerprint density at radius 3 is 2.41 bits per heavy atom. The van der Waals surface area contributed by atoms with Crippen LogP contribution in [0.5, 0.6) is 5.75 Å². The van der Waals surface area contributed by atoms with Gasteiger partial charge < -0.3 is 4.74 Å². The maximum atomic E-state index is 13.1. The van der Waals surface area contributed by atoms with Gasteiger partial charge in [0.2, 0.25) is 0 Å². The molecule has 0 spiro atoms. The van der Waals surface area contributed by atoms with Gasteiger partial charge in [0.05, 0.1) is 7.11 Å². The molecule has 2 aromatic carbocycles. The third-order valence-electron chi connectivity index (χ3n) is 6.81. The summed E-state index contributed by atoms with van der Waals surface area (Å²) in [7, 11) is 1.78. The second kappa shape index (κ2) is 8.46. The molecule has 1 nitrogen and oxygen atoms in total. The van der Waals surface area contributed by atoms with Crippen molar-refractivity contribution in [1.82, 2.24) is 0 Å². The van der Waals surface area contributed by atoms with E-state index >= 15 is 0 Å². The lowest BCUT2D eigenvalue weighted by Gasteiger charge is -2.40. The SMILES string of the molecule is COc1c(C)cccc1C(C)C1CCC(C)(CCc2ccc(F)cc2)CC1. The standard InChI is InChI=1S/C25H33FO/c1-18-6-5-7-23(24(18)27-4)19(2)21-13-16-25(3,17-14-21)15-12-20-8-10-22(26)11-9-20/h5-11,19,21H,12-17H2,1-4H3. The number of aryl methyl sites for hydroxylation is 2. The van der Waals surface area contributed by atoms with Crippen molar-refractivity contribution in [2.24, 2.45) is 11.3 Å². The summed E-state index contributed by atoms with van der Waals surface area (Å²) in [6.45, 7) is 6.93. The molecule has 2 aromatic rings. The van der Waals surface area contributed by atoms with Crippen molar-refractivity contribution >= 4 is 0 Å². The maximum Gasteiger partial charge on any atom is 0.125 e. The van der Waals surface area contributed by atoms with Crippen molar-refractivity contribution in [3.05, 3.63) is 65.0 Å². The predicted molar refractivity (Wildman–Crippen MR) is 111 cm³/mol. The van der Waals surface area contributed by atoms with Gasteiger partial charge in [-0.2, -0.15) is 0 Å². The van der Waals surface area contributed by atoms with E-state index in [1.807, 2.05) is 12.1 Å². The molecule has 27 heavy (non-hydrogen) atoms. The van der Waals surface area contributed by atoms with E-state index < -0.39 is 0 Å². The molecule has 3 rings (SSSR count). The van der Waals surface area contributed by atoms with Gasteiger partial charge in [-0.05, 0) is 91.5 Å². The largest absolute Gasteiger partial charge is 0.496 e. The Bertz CT molecular complexity index is 741. The number of hydrogen-bond donors (Lipinski definition) is 0. The molecule has 2 heteroatoms. The number of halogens is 1. The highest BCUT2D eigenvalue weighted by atomic mass is 19.1. The highest BCUT2D eigenvalue weighted by Crippen LogP contribution is 2.47. The summed E-state index contributed by atoms with van der Waals surface area (Å²) in [5.41, 5.74) is 4.23. The quantitative estimate of drug-likeness (QED) is 0.529. The van der Waals surface area contributed by atoms with Gasteiger partial charge in [0.1, 0.15) is 11.6 Å². The number of para-hydroxylation sites is 1. The van der Waals surface area contributed by atoms with Crippen LogP contribution >= 0.6 is 0 Å². The first kappa shape index (κ1) is 19.9. The lowest BCUT2D eigenvalue weighted by molar-refractivity contribution is 0.145. The molecule has 0 amide bonds. The van der Waals surface area contributed by atoms with Crippen LogP contribution in [0.4, 0.5) is 4.39 Å².